The lowest BCUT2D eigenvalue weighted by molar-refractivity contribution is -0.161. The van der Waals surface area contributed by atoms with Crippen molar-refractivity contribution in [1.82, 2.24) is 4.57 Å². The lowest BCUT2D eigenvalue weighted by atomic mass is 10.0. The molecule has 1 heterocycles. The van der Waals surface area contributed by atoms with E-state index in [4.69, 9.17) is 23.6 Å². The molecule has 416 valence electrons. The Morgan fingerprint density at radius 1 is 0.611 bits per heavy atom. The summed E-state index contributed by atoms with van der Waals surface area (Å²) < 4.78 is 37.1. The molecule has 0 spiro atoms. The molecule has 0 aliphatic carbocycles. The molecule has 1 rings (SSSR count). The average Bonchev–Trinajstić information content (AvgIpc) is 3.65. The number of nitrogens with zero attached hydrogens (tertiary/aromatic N) is 1. The zero-order valence-corrected chi connectivity index (χ0v) is 46.9. The van der Waals surface area contributed by atoms with E-state index in [1.165, 1.54) is 96.3 Å². The highest BCUT2D eigenvalue weighted by Crippen LogP contribution is 2.43. The molecule has 1 aromatic rings. The predicted molar refractivity (Wildman–Crippen MR) is 295 cm³/mol. The second-order valence-electron chi connectivity index (χ2n) is 19.9. The molecule has 0 fully saturated rings. The summed E-state index contributed by atoms with van der Waals surface area (Å²) in [5.74, 6) is -1.70. The van der Waals surface area contributed by atoms with Crippen molar-refractivity contribution >= 4 is 31.8 Å². The van der Waals surface area contributed by atoms with Crippen LogP contribution in [0.5, 0.6) is 0 Å². The Balaban J connectivity index is 2.76. The maximum atomic E-state index is 13.2. The van der Waals surface area contributed by atoms with Crippen LogP contribution in [0.1, 0.15) is 262 Å². The number of phosphoric ester groups is 1. The highest BCUT2D eigenvalue weighted by atomic mass is 31.2. The molecule has 3 N–H and O–H groups in total. The van der Waals surface area contributed by atoms with Crippen LogP contribution in [-0.4, -0.2) is 69.6 Å². The van der Waals surface area contributed by atoms with Crippen LogP contribution < -0.4 is 0 Å². The van der Waals surface area contributed by atoms with Crippen LogP contribution in [0.2, 0.25) is 0 Å². The van der Waals surface area contributed by atoms with Crippen LogP contribution in [0.25, 0.3) is 6.08 Å². The predicted octanol–water partition coefficient (Wildman–Crippen LogP) is 16.2. The highest BCUT2D eigenvalue weighted by Gasteiger charge is 2.26. The van der Waals surface area contributed by atoms with E-state index in [1.54, 1.807) is 6.08 Å². The number of esters is 2. The Labute approximate surface area is 438 Å². The fourth-order valence-electron chi connectivity index (χ4n) is 8.69. The van der Waals surface area contributed by atoms with Crippen LogP contribution in [0, 0.1) is 6.92 Å². The Morgan fingerprint density at radius 2 is 1.10 bits per heavy atom. The van der Waals surface area contributed by atoms with E-state index in [9.17, 15) is 28.9 Å². The lowest BCUT2D eigenvalue weighted by Crippen LogP contribution is -2.29. The van der Waals surface area contributed by atoms with Crippen molar-refractivity contribution in [2.24, 2.45) is 0 Å². The summed E-state index contributed by atoms with van der Waals surface area (Å²) >= 11 is 0. The molecule has 0 amide bonds. The van der Waals surface area contributed by atoms with Gasteiger partial charge in [-0.3, -0.25) is 23.4 Å². The fourth-order valence-corrected chi connectivity index (χ4v) is 9.43. The first-order valence-corrected chi connectivity index (χ1v) is 30.4. The van der Waals surface area contributed by atoms with Crippen molar-refractivity contribution in [3.05, 3.63) is 53.4 Å². The molecular weight excluding hydrogens is 930 g/mol. The van der Waals surface area contributed by atoms with Gasteiger partial charge >= 0.3 is 25.7 Å². The van der Waals surface area contributed by atoms with E-state index < -0.39 is 44.5 Å². The second kappa shape index (κ2) is 46.5. The van der Waals surface area contributed by atoms with Gasteiger partial charge in [0, 0.05) is 37.7 Å². The monoisotopic (exact) mass is 1030 g/mol. The number of hydrogen-bond acceptors (Lipinski definition) is 9. The van der Waals surface area contributed by atoms with E-state index in [-0.39, 0.29) is 39.0 Å². The summed E-state index contributed by atoms with van der Waals surface area (Å²) in [6, 6.07) is 0. The number of unbranched alkanes of at least 4 members (excludes halogenated alkanes) is 26. The zero-order valence-electron chi connectivity index (χ0n) is 46.0. The first-order chi connectivity index (χ1) is 34.9. The Morgan fingerprint density at radius 3 is 1.65 bits per heavy atom. The maximum absolute atomic E-state index is 13.2. The first-order valence-electron chi connectivity index (χ1n) is 29.0. The van der Waals surface area contributed by atoms with Gasteiger partial charge in [0.05, 0.1) is 19.3 Å². The topological polar surface area (TPSA) is 171 Å². The number of aliphatic hydroxyl groups excluding tert-OH is 1. The van der Waals surface area contributed by atoms with Gasteiger partial charge < -0.3 is 29.1 Å². The molecule has 0 saturated heterocycles. The number of hydrogen-bond donors (Lipinski definition) is 3. The first kappa shape index (κ1) is 67.0. The van der Waals surface area contributed by atoms with Gasteiger partial charge in [-0.25, -0.2) is 4.57 Å². The van der Waals surface area contributed by atoms with E-state index in [0.717, 1.165) is 93.9 Å². The van der Waals surface area contributed by atoms with E-state index in [2.05, 4.69) is 32.9 Å². The number of carbonyl (C=O) groups excluding carboxylic acids is 2. The van der Waals surface area contributed by atoms with Crippen molar-refractivity contribution in [3.63, 3.8) is 0 Å². The third-order valence-corrected chi connectivity index (χ3v) is 14.2. The lowest BCUT2D eigenvalue weighted by Gasteiger charge is -2.20. The fraction of sp³-hybridized carbons (Fsp3) is 0.780. The molecule has 0 bridgehead atoms. The summed E-state index contributed by atoms with van der Waals surface area (Å²) in [5, 5.41) is 19.5. The number of carbonyl (C=O) groups is 3. The van der Waals surface area contributed by atoms with Crippen molar-refractivity contribution in [2.45, 2.75) is 278 Å². The van der Waals surface area contributed by atoms with E-state index >= 15 is 0 Å². The highest BCUT2D eigenvalue weighted by molar-refractivity contribution is 7.47. The van der Waals surface area contributed by atoms with Crippen molar-refractivity contribution < 1.29 is 52.6 Å². The summed E-state index contributed by atoms with van der Waals surface area (Å²) in [6.07, 6.45) is 49.1. The number of phosphoric acid groups is 1. The molecular formula is C59H104NO11P. The standard InChI is InChI=1S/C59H104NO11P/c1-5-8-11-13-15-17-19-21-22-24-26-28-30-32-39-44-59(65)71-55(50-68-58(64)43-38-31-29-27-25-23-20-18-16-14-12-9-6-2)51-70-72(66,67)69-48-47-60-49-53(45-46-54(61)40-35-10-7-3)56(52(60)4)41-36-33-34-37-42-57(62)63/h21-22,33,36,45-46,49,54-55,61H,5-20,23-32,34-35,37-44,47-48,50-51H2,1-4H3,(H,62,63)(H,66,67)/b22-21-,36-33-,46-45+/t54?,55-/m1/s1. The molecule has 13 heteroatoms. The number of aliphatic carboxylic acids is 1. The Bertz CT molecular complexity index is 1640. The third kappa shape index (κ3) is 39.4. The van der Waals surface area contributed by atoms with Crippen LogP contribution >= 0.6 is 7.82 Å². The minimum absolute atomic E-state index is 0.110. The van der Waals surface area contributed by atoms with Crippen LogP contribution in [-0.2, 0) is 50.4 Å². The minimum Gasteiger partial charge on any atom is -0.481 e. The smallest absolute Gasteiger partial charge is 0.472 e. The van der Waals surface area contributed by atoms with Gasteiger partial charge in [0.2, 0.25) is 0 Å². The van der Waals surface area contributed by atoms with Gasteiger partial charge in [-0.1, -0.05) is 205 Å². The molecule has 1 aromatic heterocycles. The number of carboxylic acids is 1. The molecule has 0 saturated carbocycles. The molecule has 0 aromatic carbocycles. The number of aromatic nitrogens is 1. The minimum atomic E-state index is -4.62. The van der Waals surface area contributed by atoms with E-state index in [0.29, 0.717) is 38.5 Å². The second-order valence-corrected chi connectivity index (χ2v) is 21.4. The summed E-state index contributed by atoms with van der Waals surface area (Å²) in [4.78, 5) is 47.4. The molecule has 3 atom stereocenters. The maximum Gasteiger partial charge on any atom is 0.472 e. The normalized spacial score (nSPS) is 13.6. The largest absolute Gasteiger partial charge is 0.481 e. The summed E-state index contributed by atoms with van der Waals surface area (Å²) in [6.45, 7) is 7.85. The van der Waals surface area contributed by atoms with Crippen LogP contribution in [0.15, 0.2) is 36.6 Å². The quantitative estimate of drug-likeness (QED) is 0.0245. The number of aliphatic hydroxyl groups is 1. The van der Waals surface area contributed by atoms with Crippen molar-refractivity contribution in [3.8, 4) is 0 Å². The Kier molecular flexibility index (Phi) is 43.3. The number of rotatable bonds is 51. The number of carboxylic acid groups (broad SMARTS) is 1. The summed E-state index contributed by atoms with van der Waals surface area (Å²) in [7, 11) is -4.62. The molecule has 0 radical (unpaired) electrons. The Hall–Kier alpha value is -3.02. The third-order valence-electron chi connectivity index (χ3n) is 13.2. The number of allylic oxidation sites excluding steroid dienone is 4. The van der Waals surface area contributed by atoms with Crippen LogP contribution in [0.4, 0.5) is 0 Å². The van der Waals surface area contributed by atoms with Gasteiger partial charge in [-0.05, 0) is 82.3 Å². The van der Waals surface area contributed by atoms with Gasteiger partial charge in [-0.15, -0.1) is 0 Å². The molecule has 72 heavy (non-hydrogen) atoms. The molecule has 12 nitrogen and oxygen atoms in total. The molecule has 0 aliphatic rings. The molecule has 2 unspecified atom stereocenters. The average molecular weight is 1030 g/mol. The SMILES string of the molecule is CCCCCCCC/C=C\CCCCCCCC(=O)O[C@H](COC(=O)CCCCCCCCCCCCCCC)COP(=O)(O)OCCn1cc(/C=C/C(O)CCCCC)c(C/C=C\CCCC(=O)O)c1C. The summed E-state index contributed by atoms with van der Waals surface area (Å²) in [5.41, 5.74) is 2.83. The van der Waals surface area contributed by atoms with Gasteiger partial charge in [0.1, 0.15) is 6.61 Å². The van der Waals surface area contributed by atoms with Crippen molar-refractivity contribution in [2.75, 3.05) is 19.8 Å². The molecule has 0 aliphatic heterocycles. The van der Waals surface area contributed by atoms with Gasteiger partial charge in [0.15, 0.2) is 6.10 Å². The van der Waals surface area contributed by atoms with E-state index in [1.807, 2.05) is 35.9 Å². The number of ether oxygens (including phenoxy) is 2. The van der Waals surface area contributed by atoms with Crippen molar-refractivity contribution in [1.29, 1.82) is 0 Å². The zero-order chi connectivity index (χ0) is 52.8. The van der Waals surface area contributed by atoms with Gasteiger partial charge in [-0.2, -0.15) is 0 Å². The van der Waals surface area contributed by atoms with Crippen LogP contribution in [0.3, 0.4) is 0 Å². The van der Waals surface area contributed by atoms with Gasteiger partial charge in [0.25, 0.3) is 0 Å².